The number of aryl methyl sites for hydroxylation is 2. The Morgan fingerprint density at radius 3 is 2.33 bits per heavy atom. The lowest BCUT2D eigenvalue weighted by molar-refractivity contribution is -0.274. The summed E-state index contributed by atoms with van der Waals surface area (Å²) in [5, 5.41) is 10.9. The maximum absolute atomic E-state index is 14.3. The number of rotatable bonds is 6. The lowest BCUT2D eigenvalue weighted by atomic mass is 9.78. The van der Waals surface area contributed by atoms with Crippen LogP contribution in [0.5, 0.6) is 17.5 Å². The summed E-state index contributed by atoms with van der Waals surface area (Å²) in [5.41, 5.74) is -4.31. The minimum Gasteiger partial charge on any atom is -0.437 e. The van der Waals surface area contributed by atoms with Crippen molar-refractivity contribution >= 4 is 17.8 Å². The van der Waals surface area contributed by atoms with Crippen LogP contribution in [0, 0.1) is 6.92 Å². The highest BCUT2D eigenvalue weighted by Crippen LogP contribution is 2.50. The first-order valence-electron chi connectivity index (χ1n) is 10.3. The number of pyridine rings is 1. The molecule has 0 radical (unpaired) electrons. The molecule has 13 heteroatoms. The molecule has 2 unspecified atom stereocenters. The van der Waals surface area contributed by atoms with Gasteiger partial charge in [-0.15, -0.1) is 0 Å². The van der Waals surface area contributed by atoms with Gasteiger partial charge in [0.25, 0.3) is 5.56 Å². The van der Waals surface area contributed by atoms with Gasteiger partial charge in [0.2, 0.25) is 0 Å². The van der Waals surface area contributed by atoms with Gasteiger partial charge in [-0.3, -0.25) is 4.79 Å². The standard InChI is InChI=1S/C23H21ClF3N3O6/c1-12-7-14(11-30(3)19(12)31)22(33,23(25,26)27)13(2)17-6-5-15(8-18(17)24)35-20-28-9-16(10-29-20)36-21(32)34-4/h5-11,13,33H,1-4H3. The average Bonchev–Trinajstić information content (AvgIpc) is 2.81. The Labute approximate surface area is 208 Å². The van der Waals surface area contributed by atoms with Crippen LogP contribution in [0.4, 0.5) is 18.0 Å². The molecule has 2 atom stereocenters. The Balaban J connectivity index is 1.91. The van der Waals surface area contributed by atoms with Crippen molar-refractivity contribution in [1.29, 1.82) is 0 Å². The fraction of sp³-hybridized carbons (Fsp3) is 0.304. The molecule has 2 aromatic heterocycles. The quantitative estimate of drug-likeness (QED) is 0.462. The van der Waals surface area contributed by atoms with E-state index in [9.17, 15) is 27.9 Å². The highest BCUT2D eigenvalue weighted by molar-refractivity contribution is 6.31. The molecule has 3 aromatic rings. The summed E-state index contributed by atoms with van der Waals surface area (Å²) < 4.78 is 58.3. The highest BCUT2D eigenvalue weighted by Gasteiger charge is 2.59. The number of halogens is 4. The predicted octanol–water partition coefficient (Wildman–Crippen LogP) is 4.63. The number of ether oxygens (including phenoxy) is 3. The number of alkyl halides is 3. The topological polar surface area (TPSA) is 113 Å². The van der Waals surface area contributed by atoms with E-state index in [1.165, 1.54) is 39.1 Å². The van der Waals surface area contributed by atoms with Crippen LogP contribution < -0.4 is 15.0 Å². The summed E-state index contributed by atoms with van der Waals surface area (Å²) in [6, 6.07) is 4.73. The van der Waals surface area contributed by atoms with Crippen molar-refractivity contribution in [2.24, 2.45) is 7.05 Å². The Morgan fingerprint density at radius 1 is 1.17 bits per heavy atom. The summed E-state index contributed by atoms with van der Waals surface area (Å²) >= 11 is 6.29. The number of hydrogen-bond acceptors (Lipinski definition) is 8. The van der Waals surface area contributed by atoms with Crippen molar-refractivity contribution < 1.29 is 37.3 Å². The number of carbonyl (C=O) groups excluding carboxylic acids is 1. The number of aliphatic hydroxyl groups is 1. The van der Waals surface area contributed by atoms with E-state index in [4.69, 9.17) is 21.1 Å². The number of aromatic nitrogens is 3. The van der Waals surface area contributed by atoms with E-state index in [-0.39, 0.29) is 33.7 Å². The molecule has 36 heavy (non-hydrogen) atoms. The number of methoxy groups -OCH3 is 1. The zero-order valence-corrected chi connectivity index (χ0v) is 20.2. The molecule has 0 amide bonds. The second-order valence-electron chi connectivity index (χ2n) is 7.86. The van der Waals surface area contributed by atoms with E-state index < -0.39 is 35.0 Å². The Hall–Kier alpha value is -3.64. The van der Waals surface area contributed by atoms with Gasteiger partial charge in [0.1, 0.15) is 5.75 Å². The first-order chi connectivity index (χ1) is 16.8. The molecular formula is C23H21ClF3N3O6. The largest absolute Gasteiger partial charge is 0.513 e. The second-order valence-corrected chi connectivity index (χ2v) is 8.26. The average molecular weight is 528 g/mol. The van der Waals surface area contributed by atoms with Gasteiger partial charge in [-0.1, -0.05) is 24.6 Å². The van der Waals surface area contributed by atoms with E-state index in [0.717, 1.165) is 36.3 Å². The molecule has 0 fully saturated rings. The SMILES string of the molecule is COC(=O)Oc1cnc(Oc2ccc(C(C)C(O)(c3cc(C)c(=O)n(C)c3)C(F)(F)F)c(Cl)c2)nc1. The van der Waals surface area contributed by atoms with Crippen LogP contribution in [0.15, 0.2) is 47.7 Å². The minimum absolute atomic E-state index is 0.00325. The van der Waals surface area contributed by atoms with Crippen molar-refractivity contribution in [2.75, 3.05) is 7.11 Å². The lowest BCUT2D eigenvalue weighted by Crippen LogP contribution is -2.47. The van der Waals surface area contributed by atoms with Crippen LogP contribution in [-0.2, 0) is 17.4 Å². The molecule has 0 bridgehead atoms. The zero-order valence-electron chi connectivity index (χ0n) is 19.5. The smallest absolute Gasteiger partial charge is 0.437 e. The predicted molar refractivity (Wildman–Crippen MR) is 121 cm³/mol. The monoisotopic (exact) mass is 527 g/mol. The minimum atomic E-state index is -5.10. The van der Waals surface area contributed by atoms with Gasteiger partial charge in [-0.2, -0.15) is 23.1 Å². The summed E-state index contributed by atoms with van der Waals surface area (Å²) in [6.07, 6.45) is -2.81. The molecule has 2 heterocycles. The van der Waals surface area contributed by atoms with E-state index >= 15 is 0 Å². The Morgan fingerprint density at radius 2 is 1.81 bits per heavy atom. The molecule has 0 saturated carbocycles. The summed E-state index contributed by atoms with van der Waals surface area (Å²) in [5.74, 6) is -1.47. The van der Waals surface area contributed by atoms with Crippen LogP contribution in [0.25, 0.3) is 0 Å². The van der Waals surface area contributed by atoms with Crippen LogP contribution in [0.3, 0.4) is 0 Å². The maximum Gasteiger partial charge on any atom is 0.513 e. The van der Waals surface area contributed by atoms with E-state index in [1.54, 1.807) is 0 Å². The molecule has 0 aliphatic carbocycles. The molecule has 0 saturated heterocycles. The van der Waals surface area contributed by atoms with Crippen molar-refractivity contribution in [3.8, 4) is 17.5 Å². The number of nitrogens with zero attached hydrogens (tertiary/aromatic N) is 3. The van der Waals surface area contributed by atoms with Crippen molar-refractivity contribution in [1.82, 2.24) is 14.5 Å². The molecule has 3 rings (SSSR count). The van der Waals surface area contributed by atoms with Gasteiger partial charge >= 0.3 is 18.3 Å². The molecule has 0 spiro atoms. The molecule has 1 N–H and O–H groups in total. The van der Waals surface area contributed by atoms with Crippen LogP contribution in [-0.4, -0.2) is 39.1 Å². The van der Waals surface area contributed by atoms with Gasteiger partial charge < -0.3 is 23.9 Å². The molecule has 1 aromatic carbocycles. The third-order valence-electron chi connectivity index (χ3n) is 5.48. The first-order valence-corrected chi connectivity index (χ1v) is 10.7. The first kappa shape index (κ1) is 27.0. The van der Waals surface area contributed by atoms with Gasteiger partial charge in [0.15, 0.2) is 11.4 Å². The molecule has 0 aliphatic rings. The van der Waals surface area contributed by atoms with Gasteiger partial charge in [0.05, 0.1) is 19.5 Å². The van der Waals surface area contributed by atoms with Crippen molar-refractivity contribution in [3.05, 3.63) is 74.9 Å². The van der Waals surface area contributed by atoms with Crippen LogP contribution >= 0.6 is 11.6 Å². The Bertz CT molecular complexity index is 1300. The Kier molecular flexibility index (Phi) is 7.60. The number of benzene rings is 1. The van der Waals surface area contributed by atoms with Crippen LogP contribution in [0.2, 0.25) is 5.02 Å². The number of hydrogen-bond donors (Lipinski definition) is 1. The van der Waals surface area contributed by atoms with Gasteiger partial charge in [0, 0.05) is 35.3 Å². The molecular weight excluding hydrogens is 507 g/mol. The fourth-order valence-electron chi connectivity index (χ4n) is 3.55. The summed E-state index contributed by atoms with van der Waals surface area (Å²) in [6.45, 7) is 2.54. The molecule has 192 valence electrons. The summed E-state index contributed by atoms with van der Waals surface area (Å²) in [7, 11) is 2.43. The maximum atomic E-state index is 14.3. The second kappa shape index (κ2) is 10.2. The van der Waals surface area contributed by atoms with Crippen molar-refractivity contribution in [3.63, 3.8) is 0 Å². The van der Waals surface area contributed by atoms with E-state index in [1.807, 2.05) is 0 Å². The third kappa shape index (κ3) is 5.29. The van der Waals surface area contributed by atoms with Crippen molar-refractivity contribution in [2.45, 2.75) is 31.5 Å². The fourth-order valence-corrected chi connectivity index (χ4v) is 3.88. The number of carbonyl (C=O) groups is 1. The van der Waals surface area contributed by atoms with Crippen LogP contribution in [0.1, 0.15) is 29.5 Å². The normalized spacial score (nSPS) is 14.0. The molecule has 9 nitrogen and oxygen atoms in total. The van der Waals surface area contributed by atoms with E-state index in [0.29, 0.717) is 0 Å². The van der Waals surface area contributed by atoms with E-state index in [2.05, 4.69) is 14.7 Å². The summed E-state index contributed by atoms with van der Waals surface area (Å²) in [4.78, 5) is 30.8. The third-order valence-corrected chi connectivity index (χ3v) is 5.81. The van der Waals surface area contributed by atoms with Gasteiger partial charge in [-0.25, -0.2) is 4.79 Å². The van der Waals surface area contributed by atoms with Gasteiger partial charge in [-0.05, 0) is 30.7 Å². The zero-order chi connectivity index (χ0) is 26.8. The lowest BCUT2D eigenvalue weighted by Gasteiger charge is -2.37. The molecule has 0 aliphatic heterocycles. The highest BCUT2D eigenvalue weighted by atomic mass is 35.5.